The zero-order valence-corrected chi connectivity index (χ0v) is 23.4. The molecule has 5 nitrogen and oxygen atoms in total. The molecule has 1 spiro atoms. The number of aliphatic hydroxyl groups excluding tert-OH is 1. The Kier molecular flexibility index (Phi) is 8.39. The van der Waals surface area contributed by atoms with Gasteiger partial charge in [0, 0.05) is 42.9 Å². The average Bonchev–Trinajstić information content (AvgIpc) is 3.31. The lowest BCUT2D eigenvalue weighted by Crippen LogP contribution is -2.54. The molecular weight excluding hydrogens is 480 g/mol. The number of aliphatic imine (C=N–C) groups is 2. The largest absolute Gasteiger partial charge is 0.372 e. The van der Waals surface area contributed by atoms with Gasteiger partial charge in [0.1, 0.15) is 12.1 Å². The van der Waals surface area contributed by atoms with E-state index in [4.69, 9.17) is 9.98 Å². The molecule has 0 radical (unpaired) electrons. The van der Waals surface area contributed by atoms with Crippen LogP contribution in [-0.2, 0) is 0 Å². The van der Waals surface area contributed by atoms with Crippen molar-refractivity contribution < 1.29 is 5.11 Å². The minimum Gasteiger partial charge on any atom is -0.372 e. The van der Waals surface area contributed by atoms with Crippen molar-refractivity contribution in [2.45, 2.75) is 52.7 Å². The van der Waals surface area contributed by atoms with E-state index in [1.165, 1.54) is 22.3 Å². The first-order chi connectivity index (χ1) is 19.0. The van der Waals surface area contributed by atoms with Crippen LogP contribution in [0.1, 0.15) is 52.0 Å². The maximum absolute atomic E-state index is 12.3. The lowest BCUT2D eigenvalue weighted by Gasteiger charge is -2.49. The number of amidine groups is 1. The van der Waals surface area contributed by atoms with Gasteiger partial charge >= 0.3 is 0 Å². The number of likely N-dealkylation sites (tertiary alicyclic amines) is 1. The average molecular weight is 521 g/mol. The van der Waals surface area contributed by atoms with Crippen LogP contribution in [0, 0.1) is 5.41 Å². The second kappa shape index (κ2) is 12.1. The summed E-state index contributed by atoms with van der Waals surface area (Å²) < 4.78 is 0. The smallest absolute Gasteiger partial charge is 0.141 e. The number of rotatable bonds is 4. The van der Waals surface area contributed by atoms with Crippen molar-refractivity contribution in [3.05, 3.63) is 113 Å². The first-order valence-corrected chi connectivity index (χ1v) is 14.1. The van der Waals surface area contributed by atoms with E-state index in [-0.39, 0.29) is 5.41 Å². The molecule has 3 aliphatic heterocycles. The van der Waals surface area contributed by atoms with Gasteiger partial charge in [-0.05, 0) is 75.6 Å². The number of allylic oxidation sites excluding steroid dienone is 10. The molecule has 3 heterocycles. The highest BCUT2D eigenvalue weighted by Crippen LogP contribution is 2.45. The second-order valence-electron chi connectivity index (χ2n) is 10.9. The Bertz CT molecular complexity index is 1330. The summed E-state index contributed by atoms with van der Waals surface area (Å²) in [6, 6.07) is 10.4. The van der Waals surface area contributed by atoms with Crippen LogP contribution in [0.3, 0.4) is 0 Å². The summed E-state index contributed by atoms with van der Waals surface area (Å²) in [4.78, 5) is 14.0. The van der Waals surface area contributed by atoms with Gasteiger partial charge in [0.05, 0.1) is 5.70 Å². The third-order valence-corrected chi connectivity index (χ3v) is 8.50. The molecular formula is C34H40N4O. The zero-order valence-electron chi connectivity index (χ0n) is 23.4. The molecule has 1 aromatic carbocycles. The van der Waals surface area contributed by atoms with Crippen LogP contribution >= 0.6 is 0 Å². The molecule has 5 heteroatoms. The van der Waals surface area contributed by atoms with E-state index in [0.717, 1.165) is 62.5 Å². The third kappa shape index (κ3) is 5.90. The Morgan fingerprint density at radius 1 is 0.974 bits per heavy atom. The van der Waals surface area contributed by atoms with Crippen LogP contribution in [-0.4, -0.2) is 52.8 Å². The van der Waals surface area contributed by atoms with Gasteiger partial charge in [-0.15, -0.1) is 0 Å². The number of hydrogen-bond donors (Lipinski definition) is 1. The van der Waals surface area contributed by atoms with Crippen LogP contribution < -0.4 is 0 Å². The number of hydrogen-bond acceptors (Lipinski definition) is 5. The molecule has 202 valence electrons. The molecule has 1 saturated heterocycles. The van der Waals surface area contributed by atoms with Crippen molar-refractivity contribution in [2.24, 2.45) is 15.4 Å². The summed E-state index contributed by atoms with van der Waals surface area (Å²) in [5.74, 6) is 0.806. The fourth-order valence-corrected chi connectivity index (χ4v) is 5.98. The molecule has 0 bridgehead atoms. The van der Waals surface area contributed by atoms with Gasteiger partial charge in [-0.2, -0.15) is 0 Å². The van der Waals surface area contributed by atoms with Gasteiger partial charge in [-0.3, -0.25) is 9.89 Å². The first-order valence-electron chi connectivity index (χ1n) is 14.1. The lowest BCUT2D eigenvalue weighted by atomic mass is 9.70. The summed E-state index contributed by atoms with van der Waals surface area (Å²) in [5, 5.41) is 12.3. The predicted octanol–water partition coefficient (Wildman–Crippen LogP) is 6.81. The van der Waals surface area contributed by atoms with E-state index in [9.17, 15) is 5.11 Å². The SMILES string of the molecule is CC1=N/C=C\C=C(/C)C2(CCN(CC3=C(C)C=CCC=N3)CC2)C(O)N1C1=CC=C(c2ccccc2)C=CC1. The summed E-state index contributed by atoms with van der Waals surface area (Å²) in [6.07, 6.45) is 23.7. The summed E-state index contributed by atoms with van der Waals surface area (Å²) >= 11 is 0. The highest BCUT2D eigenvalue weighted by molar-refractivity contribution is 5.83. The van der Waals surface area contributed by atoms with Crippen molar-refractivity contribution in [1.82, 2.24) is 9.80 Å². The Morgan fingerprint density at radius 2 is 1.77 bits per heavy atom. The number of aliphatic hydroxyl groups is 1. The quantitative estimate of drug-likeness (QED) is 0.474. The summed E-state index contributed by atoms with van der Waals surface area (Å²) in [7, 11) is 0. The fraction of sp³-hybridized carbons (Fsp3) is 0.353. The van der Waals surface area contributed by atoms with Gasteiger partial charge in [0.25, 0.3) is 0 Å². The van der Waals surface area contributed by atoms with Crippen LogP contribution in [0.4, 0.5) is 0 Å². The lowest BCUT2D eigenvalue weighted by molar-refractivity contribution is -0.0576. The van der Waals surface area contributed by atoms with E-state index in [1.807, 2.05) is 31.5 Å². The molecule has 5 rings (SSSR count). The van der Waals surface area contributed by atoms with E-state index in [0.29, 0.717) is 0 Å². The van der Waals surface area contributed by atoms with Crippen LogP contribution in [0.15, 0.2) is 118 Å². The van der Waals surface area contributed by atoms with Gasteiger partial charge in [-0.25, -0.2) is 4.99 Å². The van der Waals surface area contributed by atoms with E-state index >= 15 is 0 Å². The minimum absolute atomic E-state index is 0.374. The monoisotopic (exact) mass is 520 g/mol. The Labute approximate surface area is 233 Å². The molecule has 1 unspecified atom stereocenters. The topological polar surface area (TPSA) is 51.4 Å². The zero-order chi connectivity index (χ0) is 27.2. The van der Waals surface area contributed by atoms with Crippen molar-refractivity contribution in [2.75, 3.05) is 19.6 Å². The molecule has 0 aromatic heterocycles. The molecule has 1 fully saturated rings. The first kappa shape index (κ1) is 27.0. The molecule has 1 aromatic rings. The normalized spacial score (nSPS) is 25.9. The Morgan fingerprint density at radius 3 is 2.56 bits per heavy atom. The maximum atomic E-state index is 12.3. The highest BCUT2D eigenvalue weighted by Gasteiger charge is 2.46. The molecule has 1 aliphatic carbocycles. The molecule has 39 heavy (non-hydrogen) atoms. The van der Waals surface area contributed by atoms with Gasteiger partial charge < -0.3 is 10.0 Å². The molecule has 0 amide bonds. The third-order valence-electron chi connectivity index (χ3n) is 8.50. The number of piperidine rings is 1. The number of benzene rings is 1. The van der Waals surface area contributed by atoms with E-state index < -0.39 is 6.23 Å². The van der Waals surface area contributed by atoms with Crippen molar-refractivity contribution in [3.63, 3.8) is 0 Å². The van der Waals surface area contributed by atoms with Crippen LogP contribution in [0.2, 0.25) is 0 Å². The summed E-state index contributed by atoms with van der Waals surface area (Å²) in [5.41, 5.74) is 6.62. The molecule has 1 N–H and O–H groups in total. The van der Waals surface area contributed by atoms with Crippen molar-refractivity contribution in [1.29, 1.82) is 0 Å². The van der Waals surface area contributed by atoms with E-state index in [1.54, 1.807) is 0 Å². The predicted molar refractivity (Wildman–Crippen MR) is 163 cm³/mol. The Balaban J connectivity index is 1.43. The summed E-state index contributed by atoms with van der Waals surface area (Å²) in [6.45, 7) is 8.97. The van der Waals surface area contributed by atoms with E-state index in [2.05, 4.69) is 90.4 Å². The fourth-order valence-electron chi connectivity index (χ4n) is 5.98. The highest BCUT2D eigenvalue weighted by atomic mass is 16.3. The van der Waals surface area contributed by atoms with Crippen molar-refractivity contribution in [3.8, 4) is 0 Å². The van der Waals surface area contributed by atoms with Crippen molar-refractivity contribution >= 4 is 17.6 Å². The van der Waals surface area contributed by atoms with Gasteiger partial charge in [0.15, 0.2) is 0 Å². The molecule has 0 saturated carbocycles. The standard InChI is InChI=1S/C34H40N4O/c1-26-11-7-8-21-36-32(26)25-37-23-19-34(20-24-37)27(2)12-10-22-35-28(3)38(33(34)39)31-16-9-15-30(17-18-31)29-13-5-4-6-14-29/h4-7,9-15,17-18,21-22,33,39H,8,16,19-20,23-25H2,1-3H3/b22-10-,27-12+,35-28?. The Hall–Kier alpha value is -3.54. The van der Waals surface area contributed by atoms with Gasteiger partial charge in [-0.1, -0.05) is 72.4 Å². The second-order valence-corrected chi connectivity index (χ2v) is 10.9. The minimum atomic E-state index is -0.717. The molecule has 4 aliphatic rings. The maximum Gasteiger partial charge on any atom is 0.141 e. The number of nitrogens with zero attached hydrogens (tertiary/aromatic N) is 4. The molecule has 1 atom stereocenters. The van der Waals surface area contributed by atoms with Crippen LogP contribution in [0.25, 0.3) is 5.57 Å². The van der Waals surface area contributed by atoms with Crippen LogP contribution in [0.5, 0.6) is 0 Å². The van der Waals surface area contributed by atoms with Gasteiger partial charge in [0.2, 0.25) is 0 Å².